The van der Waals surface area contributed by atoms with Crippen LogP contribution in [0.5, 0.6) is 0 Å². The lowest BCUT2D eigenvalue weighted by atomic mass is 9.88. The summed E-state index contributed by atoms with van der Waals surface area (Å²) in [5, 5.41) is 16.9. The number of amides is 1. The number of hydrogen-bond acceptors (Lipinski definition) is 4. The number of carbonyl (C=O) groups is 1. The number of nitro groups is 1. The van der Waals surface area contributed by atoms with Crippen LogP contribution in [0.2, 0.25) is 0 Å². The molecule has 1 aliphatic rings. The van der Waals surface area contributed by atoms with Crippen molar-refractivity contribution in [3.8, 4) is 0 Å². The van der Waals surface area contributed by atoms with E-state index in [1.807, 2.05) is 6.92 Å². The summed E-state index contributed by atoms with van der Waals surface area (Å²) in [5.74, 6) is -0.00611. The maximum absolute atomic E-state index is 12.2. The van der Waals surface area contributed by atoms with E-state index in [9.17, 15) is 14.9 Å². The lowest BCUT2D eigenvalue weighted by Crippen LogP contribution is -2.40. The van der Waals surface area contributed by atoms with Gasteiger partial charge in [-0.25, -0.2) is 0 Å². The third-order valence-electron chi connectivity index (χ3n) is 3.97. The zero-order chi connectivity index (χ0) is 14.8. The van der Waals surface area contributed by atoms with Crippen molar-refractivity contribution in [1.29, 1.82) is 0 Å². The molecule has 1 amide bonds. The minimum atomic E-state index is -0.400. The van der Waals surface area contributed by atoms with Gasteiger partial charge in [0.15, 0.2) is 0 Å². The number of rotatable bonds is 4. The first kappa shape index (κ1) is 17.4. The van der Waals surface area contributed by atoms with Crippen LogP contribution < -0.4 is 10.6 Å². The smallest absolute Gasteiger partial charge is 0.272 e. The fourth-order valence-corrected chi connectivity index (χ4v) is 2.46. The van der Waals surface area contributed by atoms with Crippen molar-refractivity contribution < 1.29 is 9.72 Å². The molecule has 2 rings (SSSR count). The number of benzene rings is 1. The maximum Gasteiger partial charge on any atom is 0.272 e. The summed E-state index contributed by atoms with van der Waals surface area (Å²) in [7, 11) is 0. The Balaban J connectivity index is 0.00000220. The number of hydrogen-bond donors (Lipinski definition) is 2. The number of nitro benzene ring substituents is 1. The first-order chi connectivity index (χ1) is 9.44. The molecule has 2 N–H and O–H groups in total. The van der Waals surface area contributed by atoms with Gasteiger partial charge in [0.25, 0.3) is 5.69 Å². The van der Waals surface area contributed by atoms with Gasteiger partial charge in [-0.15, -0.1) is 12.4 Å². The van der Waals surface area contributed by atoms with Crippen molar-refractivity contribution in [1.82, 2.24) is 10.6 Å². The minimum Gasteiger partial charge on any atom is -0.351 e. The Labute approximate surface area is 129 Å². The summed E-state index contributed by atoms with van der Waals surface area (Å²) in [4.78, 5) is 22.7. The van der Waals surface area contributed by atoms with Crippen LogP contribution in [0.15, 0.2) is 18.2 Å². The van der Waals surface area contributed by atoms with Gasteiger partial charge >= 0.3 is 0 Å². The van der Waals surface area contributed by atoms with Crippen molar-refractivity contribution in [3.63, 3.8) is 0 Å². The summed E-state index contributed by atoms with van der Waals surface area (Å²) in [6.45, 7) is 5.48. The molecule has 0 aromatic heterocycles. The van der Waals surface area contributed by atoms with Gasteiger partial charge in [-0.05, 0) is 32.4 Å². The van der Waals surface area contributed by atoms with E-state index in [4.69, 9.17) is 0 Å². The second-order valence-corrected chi connectivity index (χ2v) is 5.49. The third-order valence-corrected chi connectivity index (χ3v) is 3.97. The number of nitrogens with zero attached hydrogens (tertiary/aromatic N) is 1. The molecule has 1 aromatic rings. The van der Waals surface area contributed by atoms with Gasteiger partial charge in [0, 0.05) is 24.7 Å². The van der Waals surface area contributed by atoms with Crippen LogP contribution in [0.25, 0.3) is 0 Å². The molecule has 0 radical (unpaired) electrons. The highest BCUT2D eigenvalue weighted by molar-refractivity contribution is 5.85. The molecule has 0 spiro atoms. The van der Waals surface area contributed by atoms with Gasteiger partial charge in [-0.3, -0.25) is 14.9 Å². The van der Waals surface area contributed by atoms with E-state index in [1.165, 1.54) is 6.07 Å². The van der Waals surface area contributed by atoms with Crippen LogP contribution in [0.4, 0.5) is 5.69 Å². The zero-order valence-electron chi connectivity index (χ0n) is 12.1. The SMILES string of the molecule is Cc1c(CNC(=O)C2(C)CCNC2)cccc1[N+](=O)[O-].Cl. The largest absolute Gasteiger partial charge is 0.351 e. The molecule has 7 heteroatoms. The molecule has 1 fully saturated rings. The standard InChI is InChI=1S/C14H19N3O3.ClH/c1-10-11(4-3-5-12(10)17(19)20)8-16-13(18)14(2)6-7-15-9-14;/h3-5,15H,6-9H2,1-2H3,(H,16,18);1H. The third kappa shape index (κ3) is 3.71. The molecule has 1 heterocycles. The fourth-order valence-electron chi connectivity index (χ4n) is 2.46. The second-order valence-electron chi connectivity index (χ2n) is 5.49. The minimum absolute atomic E-state index is 0. The number of nitrogens with one attached hydrogen (secondary N) is 2. The molecule has 1 aliphatic heterocycles. The average molecular weight is 314 g/mol. The summed E-state index contributed by atoms with van der Waals surface area (Å²) >= 11 is 0. The topological polar surface area (TPSA) is 84.3 Å². The van der Waals surface area contributed by atoms with Gasteiger partial charge in [0.05, 0.1) is 10.3 Å². The van der Waals surface area contributed by atoms with E-state index in [-0.39, 0.29) is 29.4 Å². The van der Waals surface area contributed by atoms with E-state index in [2.05, 4.69) is 10.6 Å². The van der Waals surface area contributed by atoms with E-state index >= 15 is 0 Å². The second kappa shape index (κ2) is 6.87. The molecule has 1 aromatic carbocycles. The van der Waals surface area contributed by atoms with Crippen LogP contribution in [-0.4, -0.2) is 23.9 Å². The van der Waals surface area contributed by atoms with Crippen LogP contribution in [0, 0.1) is 22.5 Å². The molecule has 116 valence electrons. The van der Waals surface area contributed by atoms with Crippen molar-refractivity contribution >= 4 is 24.0 Å². The zero-order valence-corrected chi connectivity index (χ0v) is 13.0. The van der Waals surface area contributed by atoms with E-state index in [1.54, 1.807) is 19.1 Å². The molecule has 6 nitrogen and oxygen atoms in total. The molecule has 0 saturated carbocycles. The van der Waals surface area contributed by atoms with E-state index in [0.717, 1.165) is 18.5 Å². The highest BCUT2D eigenvalue weighted by atomic mass is 35.5. The fraction of sp³-hybridized carbons (Fsp3) is 0.500. The molecule has 21 heavy (non-hydrogen) atoms. The summed E-state index contributed by atoms with van der Waals surface area (Å²) in [6, 6.07) is 4.92. The van der Waals surface area contributed by atoms with Crippen LogP contribution >= 0.6 is 12.4 Å². The highest BCUT2D eigenvalue weighted by Gasteiger charge is 2.36. The average Bonchev–Trinajstić information content (AvgIpc) is 2.85. The van der Waals surface area contributed by atoms with Gasteiger partial charge in [-0.1, -0.05) is 12.1 Å². The first-order valence-electron chi connectivity index (χ1n) is 6.66. The Morgan fingerprint density at radius 1 is 1.52 bits per heavy atom. The van der Waals surface area contributed by atoms with Crippen LogP contribution in [0.1, 0.15) is 24.5 Å². The monoisotopic (exact) mass is 313 g/mol. The molecule has 1 unspecified atom stereocenters. The van der Waals surface area contributed by atoms with Gasteiger partial charge in [0.2, 0.25) is 5.91 Å². The van der Waals surface area contributed by atoms with Crippen molar-refractivity contribution in [3.05, 3.63) is 39.4 Å². The Bertz CT molecular complexity index is 542. The molecule has 1 atom stereocenters. The molecular weight excluding hydrogens is 294 g/mol. The summed E-state index contributed by atoms with van der Waals surface area (Å²) < 4.78 is 0. The van der Waals surface area contributed by atoms with Crippen molar-refractivity contribution in [2.24, 2.45) is 5.41 Å². The van der Waals surface area contributed by atoms with E-state index in [0.29, 0.717) is 18.7 Å². The first-order valence-corrected chi connectivity index (χ1v) is 6.66. The van der Waals surface area contributed by atoms with Crippen molar-refractivity contribution in [2.45, 2.75) is 26.8 Å². The Kier molecular flexibility index (Phi) is 5.69. The Morgan fingerprint density at radius 3 is 2.81 bits per heavy atom. The Hall–Kier alpha value is -1.66. The van der Waals surface area contributed by atoms with Gasteiger partial charge < -0.3 is 10.6 Å². The Morgan fingerprint density at radius 2 is 2.24 bits per heavy atom. The summed E-state index contributed by atoms with van der Waals surface area (Å²) in [5.41, 5.74) is 1.09. The molecule has 1 saturated heterocycles. The lowest BCUT2D eigenvalue weighted by molar-refractivity contribution is -0.385. The van der Waals surface area contributed by atoms with Gasteiger partial charge in [0.1, 0.15) is 0 Å². The van der Waals surface area contributed by atoms with Gasteiger partial charge in [-0.2, -0.15) is 0 Å². The highest BCUT2D eigenvalue weighted by Crippen LogP contribution is 2.25. The summed E-state index contributed by atoms with van der Waals surface area (Å²) in [6.07, 6.45) is 0.812. The normalized spacial score (nSPS) is 20.7. The van der Waals surface area contributed by atoms with Crippen molar-refractivity contribution in [2.75, 3.05) is 13.1 Å². The number of carbonyl (C=O) groups excluding carboxylic acids is 1. The predicted molar refractivity (Wildman–Crippen MR) is 82.5 cm³/mol. The molecular formula is C14H20ClN3O3. The lowest BCUT2D eigenvalue weighted by Gasteiger charge is -2.21. The maximum atomic E-state index is 12.2. The van der Waals surface area contributed by atoms with E-state index < -0.39 is 4.92 Å². The van der Waals surface area contributed by atoms with Crippen LogP contribution in [-0.2, 0) is 11.3 Å². The molecule has 0 bridgehead atoms. The molecule has 0 aliphatic carbocycles. The predicted octanol–water partition coefficient (Wildman–Crippen LogP) is 1.94. The quantitative estimate of drug-likeness (QED) is 0.657. The van der Waals surface area contributed by atoms with Crippen LogP contribution in [0.3, 0.4) is 0 Å². The number of halogens is 1.